The normalized spacial score (nSPS) is 26.2. The average molecular weight is 353 g/mol. The summed E-state index contributed by atoms with van der Waals surface area (Å²) in [6, 6.07) is 4.95. The van der Waals surface area contributed by atoms with Gasteiger partial charge in [-0.05, 0) is 84.5 Å². The van der Waals surface area contributed by atoms with E-state index in [0.29, 0.717) is 6.04 Å². The van der Waals surface area contributed by atoms with Crippen molar-refractivity contribution in [2.75, 3.05) is 6.54 Å². The Bertz CT molecular complexity index is 416. The maximum absolute atomic E-state index is 4.58. The first-order valence-electron chi connectivity index (χ1n) is 8.44. The van der Waals surface area contributed by atoms with Crippen molar-refractivity contribution in [2.24, 2.45) is 17.8 Å². The van der Waals surface area contributed by atoms with Crippen LogP contribution in [-0.2, 0) is 6.42 Å². The largest absolute Gasteiger partial charge is 0.314 e. The number of aromatic nitrogens is 1. The quantitative estimate of drug-likeness (QED) is 0.793. The van der Waals surface area contributed by atoms with E-state index in [1.54, 1.807) is 0 Å². The lowest BCUT2D eigenvalue weighted by Gasteiger charge is -2.38. The van der Waals surface area contributed by atoms with Crippen LogP contribution >= 0.6 is 15.9 Å². The molecular formula is C18H29BrN2. The molecule has 0 amide bonds. The maximum atomic E-state index is 4.58. The predicted octanol–water partition coefficient (Wildman–Crippen LogP) is 4.83. The monoisotopic (exact) mass is 352 g/mol. The molecule has 0 radical (unpaired) electrons. The van der Waals surface area contributed by atoms with Crippen molar-refractivity contribution in [3.63, 3.8) is 0 Å². The molecule has 0 saturated heterocycles. The molecular weight excluding hydrogens is 324 g/mol. The van der Waals surface area contributed by atoms with Gasteiger partial charge in [0, 0.05) is 22.4 Å². The van der Waals surface area contributed by atoms with Crippen LogP contribution in [0.2, 0.25) is 0 Å². The van der Waals surface area contributed by atoms with E-state index in [4.69, 9.17) is 0 Å². The van der Waals surface area contributed by atoms with E-state index in [1.807, 2.05) is 6.20 Å². The molecule has 1 N–H and O–H groups in total. The molecule has 0 aromatic carbocycles. The Hall–Kier alpha value is -0.410. The second-order valence-corrected chi connectivity index (χ2v) is 7.73. The van der Waals surface area contributed by atoms with Crippen molar-refractivity contribution < 1.29 is 0 Å². The van der Waals surface area contributed by atoms with E-state index in [2.05, 4.69) is 59.1 Å². The minimum Gasteiger partial charge on any atom is -0.314 e. The van der Waals surface area contributed by atoms with Crippen molar-refractivity contribution in [3.8, 4) is 0 Å². The minimum atomic E-state index is 0.672. The van der Waals surface area contributed by atoms with Crippen molar-refractivity contribution in [1.29, 1.82) is 0 Å². The van der Waals surface area contributed by atoms with Gasteiger partial charge in [0.25, 0.3) is 0 Å². The van der Waals surface area contributed by atoms with Crippen LogP contribution in [0, 0.1) is 17.8 Å². The van der Waals surface area contributed by atoms with Gasteiger partial charge in [-0.1, -0.05) is 20.8 Å². The van der Waals surface area contributed by atoms with Gasteiger partial charge in [-0.15, -0.1) is 0 Å². The summed E-state index contributed by atoms with van der Waals surface area (Å²) in [5.41, 5.74) is 1.23. The molecule has 3 heteroatoms. The van der Waals surface area contributed by atoms with E-state index in [0.717, 1.165) is 35.2 Å². The zero-order valence-electron chi connectivity index (χ0n) is 13.6. The molecule has 1 aliphatic carbocycles. The first-order valence-corrected chi connectivity index (χ1v) is 9.23. The van der Waals surface area contributed by atoms with E-state index in [1.165, 1.54) is 31.4 Å². The highest BCUT2D eigenvalue weighted by molar-refractivity contribution is 9.10. The SMILES string of the molecule is CCCNC1CCC(C(C)C)CC1Cc1ccc(Br)cn1. The average Bonchev–Trinajstić information content (AvgIpc) is 2.48. The van der Waals surface area contributed by atoms with Crippen molar-refractivity contribution in [1.82, 2.24) is 10.3 Å². The molecule has 2 rings (SSSR count). The standard InChI is InChI=1S/C18H29BrN2/c1-4-9-20-18-8-5-14(13(2)3)10-15(18)11-17-7-6-16(19)12-21-17/h6-7,12-15,18,20H,4-5,8-11H2,1-3H3. The fourth-order valence-electron chi connectivity index (χ4n) is 3.53. The van der Waals surface area contributed by atoms with Gasteiger partial charge in [0.05, 0.1) is 0 Å². The third-order valence-electron chi connectivity index (χ3n) is 4.88. The molecule has 1 aromatic heterocycles. The fraction of sp³-hybridized carbons (Fsp3) is 0.722. The van der Waals surface area contributed by atoms with Crippen LogP contribution in [0.3, 0.4) is 0 Å². The number of halogens is 1. The molecule has 1 saturated carbocycles. The van der Waals surface area contributed by atoms with Crippen LogP contribution in [0.15, 0.2) is 22.8 Å². The van der Waals surface area contributed by atoms with Crippen LogP contribution in [0.1, 0.15) is 52.1 Å². The van der Waals surface area contributed by atoms with E-state index in [9.17, 15) is 0 Å². The summed E-state index contributed by atoms with van der Waals surface area (Å²) < 4.78 is 1.07. The number of rotatable bonds is 6. The Morgan fingerprint density at radius 3 is 2.76 bits per heavy atom. The number of pyridine rings is 1. The third-order valence-corrected chi connectivity index (χ3v) is 5.35. The Labute approximate surface area is 138 Å². The van der Waals surface area contributed by atoms with E-state index >= 15 is 0 Å². The van der Waals surface area contributed by atoms with Gasteiger partial charge in [0.1, 0.15) is 0 Å². The number of hydrogen-bond acceptors (Lipinski definition) is 2. The Balaban J connectivity index is 2.03. The van der Waals surface area contributed by atoms with E-state index < -0.39 is 0 Å². The molecule has 21 heavy (non-hydrogen) atoms. The molecule has 0 bridgehead atoms. The molecule has 2 nitrogen and oxygen atoms in total. The molecule has 1 aromatic rings. The summed E-state index contributed by atoms with van der Waals surface area (Å²) in [4.78, 5) is 4.58. The predicted molar refractivity (Wildman–Crippen MR) is 93.4 cm³/mol. The van der Waals surface area contributed by atoms with Crippen LogP contribution in [0.25, 0.3) is 0 Å². The van der Waals surface area contributed by atoms with Crippen molar-refractivity contribution in [2.45, 2.75) is 58.9 Å². The summed E-state index contributed by atoms with van der Waals surface area (Å²) in [7, 11) is 0. The van der Waals surface area contributed by atoms with Crippen LogP contribution in [-0.4, -0.2) is 17.6 Å². The fourth-order valence-corrected chi connectivity index (χ4v) is 3.76. The zero-order chi connectivity index (χ0) is 15.2. The highest BCUT2D eigenvalue weighted by Crippen LogP contribution is 2.35. The Kier molecular flexibility index (Phi) is 6.69. The van der Waals surface area contributed by atoms with Crippen LogP contribution < -0.4 is 5.32 Å². The number of nitrogens with zero attached hydrogens (tertiary/aromatic N) is 1. The molecule has 0 aliphatic heterocycles. The highest BCUT2D eigenvalue weighted by Gasteiger charge is 2.31. The molecule has 3 atom stereocenters. The van der Waals surface area contributed by atoms with Gasteiger partial charge in [-0.3, -0.25) is 4.98 Å². The smallest absolute Gasteiger partial charge is 0.0413 e. The van der Waals surface area contributed by atoms with E-state index in [-0.39, 0.29) is 0 Å². The maximum Gasteiger partial charge on any atom is 0.0413 e. The lowest BCUT2D eigenvalue weighted by Crippen LogP contribution is -2.42. The summed E-state index contributed by atoms with van der Waals surface area (Å²) in [6.45, 7) is 8.14. The van der Waals surface area contributed by atoms with Crippen LogP contribution in [0.5, 0.6) is 0 Å². The van der Waals surface area contributed by atoms with Gasteiger partial charge in [0.2, 0.25) is 0 Å². The molecule has 1 aliphatic rings. The topological polar surface area (TPSA) is 24.9 Å². The minimum absolute atomic E-state index is 0.672. The number of nitrogens with one attached hydrogen (secondary N) is 1. The van der Waals surface area contributed by atoms with Gasteiger partial charge < -0.3 is 5.32 Å². The summed E-state index contributed by atoms with van der Waals surface area (Å²) in [5.74, 6) is 2.41. The second kappa shape index (κ2) is 8.28. The van der Waals surface area contributed by atoms with Gasteiger partial charge in [0.15, 0.2) is 0 Å². The number of hydrogen-bond donors (Lipinski definition) is 1. The van der Waals surface area contributed by atoms with Crippen molar-refractivity contribution in [3.05, 3.63) is 28.5 Å². The third kappa shape index (κ3) is 5.07. The van der Waals surface area contributed by atoms with Gasteiger partial charge in [-0.25, -0.2) is 0 Å². The van der Waals surface area contributed by atoms with Gasteiger partial charge in [-0.2, -0.15) is 0 Å². The molecule has 0 spiro atoms. The molecule has 118 valence electrons. The first kappa shape index (κ1) is 17.0. The molecule has 3 unspecified atom stereocenters. The van der Waals surface area contributed by atoms with Crippen molar-refractivity contribution >= 4 is 15.9 Å². The lowest BCUT2D eigenvalue weighted by molar-refractivity contribution is 0.167. The second-order valence-electron chi connectivity index (χ2n) is 6.81. The Morgan fingerprint density at radius 1 is 1.33 bits per heavy atom. The lowest BCUT2D eigenvalue weighted by atomic mass is 9.72. The molecule has 1 heterocycles. The molecule has 1 fully saturated rings. The zero-order valence-corrected chi connectivity index (χ0v) is 15.2. The van der Waals surface area contributed by atoms with Crippen LogP contribution in [0.4, 0.5) is 0 Å². The van der Waals surface area contributed by atoms with Gasteiger partial charge >= 0.3 is 0 Å². The summed E-state index contributed by atoms with van der Waals surface area (Å²) >= 11 is 3.47. The Morgan fingerprint density at radius 2 is 2.14 bits per heavy atom. The summed E-state index contributed by atoms with van der Waals surface area (Å²) in [5, 5.41) is 3.78. The summed E-state index contributed by atoms with van der Waals surface area (Å²) in [6.07, 6.45) is 8.29. The first-order chi connectivity index (χ1) is 10.1. The highest BCUT2D eigenvalue weighted by atomic mass is 79.9.